The van der Waals surface area contributed by atoms with Gasteiger partial charge in [-0.2, -0.15) is 5.26 Å². The van der Waals surface area contributed by atoms with Crippen LogP contribution in [0.5, 0.6) is 5.75 Å². The van der Waals surface area contributed by atoms with Gasteiger partial charge < -0.3 is 45.2 Å². The largest absolute Gasteiger partial charge is 0.489 e. The summed E-state index contributed by atoms with van der Waals surface area (Å²) in [6.45, 7) is 17.7. The number of aliphatic hydroxyl groups is 3. The molecule has 1 saturated carbocycles. The summed E-state index contributed by atoms with van der Waals surface area (Å²) in [5.74, 6) is 0.303. The number of aromatic nitrogens is 2. The Hall–Kier alpha value is -5.23. The van der Waals surface area contributed by atoms with Gasteiger partial charge in [0.2, 0.25) is 11.8 Å². The molecule has 2 aromatic carbocycles. The Balaban J connectivity index is 0.791. The molecule has 6 N–H and O–H groups in total. The molecule has 3 amide bonds. The first-order valence-electron chi connectivity index (χ1n) is 25.2. The zero-order valence-corrected chi connectivity index (χ0v) is 44.5. The number of amides is 3. The third-order valence-corrected chi connectivity index (χ3v) is 16.7. The number of thiazole rings is 1. The molecule has 0 radical (unpaired) electrons. The van der Waals surface area contributed by atoms with Crippen LogP contribution in [0.25, 0.3) is 10.4 Å². The number of benzene rings is 2. The zero-order valence-electron chi connectivity index (χ0n) is 43.0. The van der Waals surface area contributed by atoms with E-state index in [1.165, 1.54) is 4.90 Å². The second-order valence-electron chi connectivity index (χ2n) is 22.3. The van der Waals surface area contributed by atoms with E-state index in [4.69, 9.17) is 26.1 Å². The number of β-amino-alcohol motifs (C(OH)–C–C–N with tert-alkyl or cyclic N) is 1. The van der Waals surface area contributed by atoms with Crippen LogP contribution in [0.2, 0.25) is 5.02 Å². The van der Waals surface area contributed by atoms with Gasteiger partial charge in [0.1, 0.15) is 42.6 Å². The highest BCUT2D eigenvalue weighted by molar-refractivity contribution is 7.13. The Morgan fingerprint density at radius 3 is 2.29 bits per heavy atom. The number of nitrogens with zero attached hydrogens (tertiary/aromatic N) is 6. The van der Waals surface area contributed by atoms with Crippen LogP contribution in [0, 0.1) is 34.5 Å². The number of nitrogens with one attached hydrogen (secondary N) is 3. The number of fused-ring (bicyclic) bond motifs is 2. The lowest BCUT2D eigenvalue weighted by Gasteiger charge is -2.63. The monoisotopic (exact) mass is 1040 g/mol. The fourth-order valence-electron chi connectivity index (χ4n) is 11.8. The van der Waals surface area contributed by atoms with Crippen LogP contribution in [-0.4, -0.2) is 147 Å². The minimum absolute atomic E-state index is 0.0159. The molecule has 2 bridgehead atoms. The van der Waals surface area contributed by atoms with Crippen LogP contribution in [0.4, 0.5) is 5.82 Å². The molecule has 73 heavy (non-hydrogen) atoms. The molecule has 0 spiro atoms. The number of halogens is 1. The normalized spacial score (nSPS) is 24.5. The van der Waals surface area contributed by atoms with E-state index < -0.39 is 58.5 Å². The van der Waals surface area contributed by atoms with Gasteiger partial charge in [-0.1, -0.05) is 84.3 Å². The highest BCUT2D eigenvalue weighted by Gasteiger charge is 2.64. The van der Waals surface area contributed by atoms with Gasteiger partial charge >= 0.3 is 0 Å². The van der Waals surface area contributed by atoms with E-state index in [-0.39, 0.29) is 56.3 Å². The topological polar surface area (TPSA) is 226 Å². The number of ether oxygens (including phenoxy) is 2. The molecule has 1 aliphatic carbocycles. The second-order valence-corrected chi connectivity index (χ2v) is 23.6. The fraction of sp³-hybridized carbons (Fsp3) is 0.556. The van der Waals surface area contributed by atoms with Crippen molar-refractivity contribution in [3.63, 3.8) is 0 Å². The molecule has 3 unspecified atom stereocenters. The van der Waals surface area contributed by atoms with E-state index in [1.807, 2.05) is 64.1 Å². The average molecular weight is 1040 g/mol. The number of carbonyl (C=O) groups is 3. The summed E-state index contributed by atoms with van der Waals surface area (Å²) in [7, 11) is 0. The number of aliphatic hydroxyl groups excluding tert-OH is 3. The van der Waals surface area contributed by atoms with Crippen molar-refractivity contribution in [2.45, 2.75) is 129 Å². The summed E-state index contributed by atoms with van der Waals surface area (Å²) in [6, 6.07) is 16.4. The Labute approximate surface area is 437 Å². The van der Waals surface area contributed by atoms with Crippen molar-refractivity contribution in [2.24, 2.45) is 16.2 Å². The predicted molar refractivity (Wildman–Crippen MR) is 279 cm³/mol. The first-order valence-corrected chi connectivity index (χ1v) is 26.4. The summed E-state index contributed by atoms with van der Waals surface area (Å²) < 4.78 is 12.3. The van der Waals surface area contributed by atoms with E-state index >= 15 is 0 Å². The van der Waals surface area contributed by atoms with Crippen LogP contribution in [0.15, 0.2) is 66.3 Å². The molecular formula is C54H70ClN9O8S. The Morgan fingerprint density at radius 2 is 1.70 bits per heavy atom. The molecule has 3 aliphatic heterocycles. The van der Waals surface area contributed by atoms with Crippen LogP contribution >= 0.6 is 22.9 Å². The number of nitriles is 1. The summed E-state index contributed by atoms with van der Waals surface area (Å²) >= 11 is 7.82. The molecular weight excluding hydrogens is 970 g/mol. The lowest BCUT2D eigenvalue weighted by Crippen LogP contribution is -2.74. The Kier molecular flexibility index (Phi) is 16.2. The lowest BCUT2D eigenvalue weighted by molar-refractivity contribution is -0.164. The van der Waals surface area contributed by atoms with Crippen molar-refractivity contribution in [3.8, 4) is 22.3 Å². The van der Waals surface area contributed by atoms with Gasteiger partial charge in [0.15, 0.2) is 0 Å². The number of hydrogen-bond donors (Lipinski definition) is 6. The maximum Gasteiger partial charge on any atom is 0.253 e. The van der Waals surface area contributed by atoms with Gasteiger partial charge in [0.25, 0.3) is 5.91 Å². The van der Waals surface area contributed by atoms with E-state index in [0.29, 0.717) is 35.1 Å². The van der Waals surface area contributed by atoms with Crippen molar-refractivity contribution in [1.82, 2.24) is 35.7 Å². The SMILES string of the molecule is Cc1ncsc1-c1ccc([C@H](CO)NC(O)[C@@H]2C[C@@H](O)CN2C(=O)[C@@H](NC(=O)COCCN2C3CCC2CN(c2ccc(C(=O)N[C@H]4C(C)(C)[C@H](Oc5ccc(C#N)c(Cl)c5)C4(C)C)cn2)C3)C(C)(C)C)cc1. The molecule has 2 aromatic heterocycles. The Morgan fingerprint density at radius 1 is 1.00 bits per heavy atom. The van der Waals surface area contributed by atoms with E-state index in [0.717, 1.165) is 53.4 Å². The van der Waals surface area contributed by atoms with Gasteiger partial charge in [-0.15, -0.1) is 11.3 Å². The van der Waals surface area contributed by atoms with Crippen molar-refractivity contribution in [3.05, 3.63) is 93.7 Å². The van der Waals surface area contributed by atoms with Crippen LogP contribution < -0.4 is 25.6 Å². The molecule has 5 heterocycles. The number of hydrogen-bond acceptors (Lipinski definition) is 15. The first kappa shape index (κ1) is 54.0. The van der Waals surface area contributed by atoms with Crippen LogP contribution in [0.3, 0.4) is 0 Å². The highest BCUT2D eigenvalue weighted by atomic mass is 35.5. The predicted octanol–water partition coefficient (Wildman–Crippen LogP) is 5.45. The molecule has 17 nitrogen and oxygen atoms in total. The first-order chi connectivity index (χ1) is 34.6. The van der Waals surface area contributed by atoms with Crippen molar-refractivity contribution < 1.29 is 39.2 Å². The molecule has 7 atom stereocenters. The lowest BCUT2D eigenvalue weighted by atomic mass is 9.49. The van der Waals surface area contributed by atoms with Gasteiger partial charge in [0.05, 0.1) is 63.6 Å². The molecule has 4 aromatic rings. The van der Waals surface area contributed by atoms with Gasteiger partial charge in [-0.3, -0.25) is 24.6 Å². The quantitative estimate of drug-likeness (QED) is 0.0539. The summed E-state index contributed by atoms with van der Waals surface area (Å²) in [5, 5.41) is 51.4. The number of rotatable bonds is 18. The van der Waals surface area contributed by atoms with E-state index in [2.05, 4.69) is 64.5 Å². The van der Waals surface area contributed by atoms with Crippen molar-refractivity contribution >= 4 is 46.5 Å². The van der Waals surface area contributed by atoms with Crippen molar-refractivity contribution in [1.29, 1.82) is 5.26 Å². The standard InChI is InChI=1S/C54H70ClN9O8S/c1-31-45(73-30-58-31)33-11-9-32(10-12-33)41(28-65)59-48(69)42-21-38(66)27-64(42)49(70)46(52(2,3)4)60-44(67)29-71-20-19-63-36-15-16-37(63)26-62(25-36)43-18-14-35(24-57-43)47(68)61-50-53(5,6)51(54(50,7)8)72-39-17-13-34(23-56)40(55)22-39/h9-14,17-18,22,24,30,36-38,41-42,46,48,50-51,59,65-66,69H,15-16,19-21,25-29H2,1-8H3,(H,60,67)(H,61,68)/t36?,37?,38-,41+,42+,46-,48?,50-,51-/m1/s1. The maximum absolute atomic E-state index is 14.3. The molecule has 392 valence electrons. The molecule has 4 aliphatic rings. The number of anilines is 1. The number of aryl methyl sites for hydroxylation is 1. The van der Waals surface area contributed by atoms with E-state index in [9.17, 15) is 35.0 Å². The Bertz CT molecular complexity index is 2620. The van der Waals surface area contributed by atoms with Crippen molar-refractivity contribution in [2.75, 3.05) is 50.9 Å². The third-order valence-electron chi connectivity index (χ3n) is 15.4. The maximum atomic E-state index is 14.3. The number of likely N-dealkylation sites (tertiary alicyclic amines) is 1. The molecule has 4 fully saturated rings. The zero-order chi connectivity index (χ0) is 52.6. The minimum Gasteiger partial charge on any atom is -0.489 e. The van der Waals surface area contributed by atoms with Gasteiger partial charge in [0, 0.05) is 67.4 Å². The molecule has 19 heteroatoms. The summed E-state index contributed by atoms with van der Waals surface area (Å²) in [6.07, 6.45) is 1.40. The smallest absolute Gasteiger partial charge is 0.253 e. The van der Waals surface area contributed by atoms with Gasteiger partial charge in [-0.05, 0) is 67.0 Å². The van der Waals surface area contributed by atoms with Crippen LogP contribution in [-0.2, 0) is 14.3 Å². The van der Waals surface area contributed by atoms with Crippen LogP contribution in [0.1, 0.15) is 101 Å². The molecule has 8 rings (SSSR count). The van der Waals surface area contributed by atoms with E-state index in [1.54, 1.807) is 41.2 Å². The number of carbonyl (C=O) groups excluding carboxylic acids is 3. The third kappa shape index (κ3) is 11.5. The average Bonchev–Trinajstić information content (AvgIpc) is 4.04. The second kappa shape index (κ2) is 21.9. The highest BCUT2D eigenvalue weighted by Crippen LogP contribution is 2.55. The fourth-order valence-corrected chi connectivity index (χ4v) is 12.8. The number of piperazine rings is 1. The summed E-state index contributed by atoms with van der Waals surface area (Å²) in [5.41, 5.74) is 3.80. The summed E-state index contributed by atoms with van der Waals surface area (Å²) in [4.78, 5) is 57.6. The minimum atomic E-state index is -1.28. The number of pyridine rings is 1. The van der Waals surface area contributed by atoms with Gasteiger partial charge in [-0.25, -0.2) is 9.97 Å². The molecule has 3 saturated heterocycles.